The van der Waals surface area contributed by atoms with Crippen LogP contribution in [0, 0.1) is 6.92 Å². The first-order valence-electron chi connectivity index (χ1n) is 6.09. The van der Waals surface area contributed by atoms with E-state index in [9.17, 15) is 4.79 Å². The molecule has 4 nitrogen and oxygen atoms in total. The molecule has 0 bridgehead atoms. The molecule has 19 heavy (non-hydrogen) atoms. The summed E-state index contributed by atoms with van der Waals surface area (Å²) in [4.78, 5) is 13.1. The van der Waals surface area contributed by atoms with Gasteiger partial charge in [-0.3, -0.25) is 4.79 Å². The van der Waals surface area contributed by atoms with Gasteiger partial charge in [0, 0.05) is 31.4 Å². The minimum atomic E-state index is -0.0353. The summed E-state index contributed by atoms with van der Waals surface area (Å²) in [5.74, 6) is -0.0353. The molecule has 1 aromatic heterocycles. The summed E-state index contributed by atoms with van der Waals surface area (Å²) in [5.41, 5.74) is 2.96. The van der Waals surface area contributed by atoms with Gasteiger partial charge >= 0.3 is 0 Å². The van der Waals surface area contributed by atoms with Crippen molar-refractivity contribution in [3.05, 3.63) is 53.9 Å². The Morgan fingerprint density at radius 3 is 2.58 bits per heavy atom. The van der Waals surface area contributed by atoms with Crippen molar-refractivity contribution < 1.29 is 4.79 Å². The Morgan fingerprint density at radius 2 is 1.95 bits per heavy atom. The van der Waals surface area contributed by atoms with Crippen LogP contribution < -0.4 is 0 Å². The fourth-order valence-corrected chi connectivity index (χ4v) is 1.73. The monoisotopic (exact) mass is 255 g/mol. The van der Waals surface area contributed by atoms with Gasteiger partial charge in [-0.05, 0) is 25.1 Å². The zero-order valence-corrected chi connectivity index (χ0v) is 11.4. The van der Waals surface area contributed by atoms with Crippen molar-refractivity contribution in [2.45, 2.75) is 6.92 Å². The molecule has 0 aliphatic carbocycles. The van der Waals surface area contributed by atoms with Crippen LogP contribution >= 0.6 is 0 Å². The molecule has 0 aliphatic rings. The quantitative estimate of drug-likeness (QED) is 0.789. The van der Waals surface area contributed by atoms with Crippen molar-refractivity contribution in [1.29, 1.82) is 0 Å². The van der Waals surface area contributed by atoms with Gasteiger partial charge in [0.05, 0.1) is 11.9 Å². The number of carbonyl (C=O) groups excluding carboxylic acids is 1. The predicted octanol–water partition coefficient (Wildman–Crippen LogP) is 2.28. The number of hydrogen-bond acceptors (Lipinski definition) is 2. The van der Waals surface area contributed by atoms with E-state index >= 15 is 0 Å². The normalized spacial score (nSPS) is 10.9. The summed E-state index contributed by atoms with van der Waals surface area (Å²) in [6, 6.07) is 9.92. The van der Waals surface area contributed by atoms with Crippen molar-refractivity contribution in [2.24, 2.45) is 0 Å². The fourth-order valence-electron chi connectivity index (χ4n) is 1.73. The highest BCUT2D eigenvalue weighted by Crippen LogP contribution is 2.14. The average Bonchev–Trinajstić information content (AvgIpc) is 2.78. The van der Waals surface area contributed by atoms with Crippen LogP contribution in [0.25, 0.3) is 11.8 Å². The third kappa shape index (κ3) is 2.91. The molecule has 0 saturated carbocycles. The van der Waals surface area contributed by atoms with Gasteiger partial charge < -0.3 is 4.90 Å². The lowest BCUT2D eigenvalue weighted by Gasteiger charge is -2.05. The van der Waals surface area contributed by atoms with Crippen LogP contribution in [0.5, 0.6) is 0 Å². The van der Waals surface area contributed by atoms with Crippen LogP contribution in [0.15, 0.2) is 42.6 Å². The van der Waals surface area contributed by atoms with Crippen LogP contribution in [0.3, 0.4) is 0 Å². The summed E-state index contributed by atoms with van der Waals surface area (Å²) in [5, 5.41) is 4.35. The molecule has 0 atom stereocenters. The third-order valence-electron chi connectivity index (χ3n) is 2.89. The van der Waals surface area contributed by atoms with Gasteiger partial charge in [0.15, 0.2) is 0 Å². The van der Waals surface area contributed by atoms with E-state index in [1.165, 1.54) is 4.90 Å². The summed E-state index contributed by atoms with van der Waals surface area (Å²) >= 11 is 0. The molecule has 0 unspecified atom stereocenters. The molecule has 0 saturated heterocycles. The first-order chi connectivity index (χ1) is 9.09. The number of likely N-dealkylation sites (N-methyl/N-ethyl adjacent to an activating group) is 1. The lowest BCUT2D eigenvalue weighted by Crippen LogP contribution is -2.18. The van der Waals surface area contributed by atoms with Crippen LogP contribution in [0.2, 0.25) is 0 Å². The summed E-state index contributed by atoms with van der Waals surface area (Å²) in [6.07, 6.45) is 5.12. The van der Waals surface area contributed by atoms with Crippen LogP contribution in [0.1, 0.15) is 11.3 Å². The van der Waals surface area contributed by atoms with E-state index in [1.54, 1.807) is 32.4 Å². The van der Waals surface area contributed by atoms with Gasteiger partial charge in [-0.2, -0.15) is 5.10 Å². The molecule has 1 heterocycles. The highest BCUT2D eigenvalue weighted by Gasteiger charge is 2.06. The third-order valence-corrected chi connectivity index (χ3v) is 2.89. The second kappa shape index (κ2) is 5.52. The van der Waals surface area contributed by atoms with E-state index in [4.69, 9.17) is 0 Å². The molecule has 4 heteroatoms. The summed E-state index contributed by atoms with van der Waals surface area (Å²) < 4.78 is 1.86. The minimum Gasteiger partial charge on any atom is -0.345 e. The van der Waals surface area contributed by atoms with Gasteiger partial charge in [-0.1, -0.05) is 18.2 Å². The van der Waals surface area contributed by atoms with Crippen molar-refractivity contribution in [3.8, 4) is 5.69 Å². The summed E-state index contributed by atoms with van der Waals surface area (Å²) in [6.45, 7) is 1.99. The minimum absolute atomic E-state index is 0.0353. The fraction of sp³-hybridized carbons (Fsp3) is 0.200. The Labute approximate surface area is 113 Å². The van der Waals surface area contributed by atoms with E-state index in [0.29, 0.717) is 0 Å². The van der Waals surface area contributed by atoms with E-state index < -0.39 is 0 Å². The van der Waals surface area contributed by atoms with E-state index in [1.807, 2.05) is 41.9 Å². The van der Waals surface area contributed by atoms with Crippen LogP contribution in [-0.2, 0) is 4.79 Å². The SMILES string of the molecule is Cc1c(C=CC(=O)N(C)C)cnn1-c1ccccc1. The molecular formula is C15H17N3O. The number of hydrogen-bond donors (Lipinski definition) is 0. The van der Waals surface area contributed by atoms with Crippen molar-refractivity contribution in [2.75, 3.05) is 14.1 Å². The van der Waals surface area contributed by atoms with Crippen molar-refractivity contribution in [1.82, 2.24) is 14.7 Å². The summed E-state index contributed by atoms with van der Waals surface area (Å²) in [7, 11) is 3.46. The molecule has 1 amide bonds. The predicted molar refractivity (Wildman–Crippen MR) is 76.0 cm³/mol. The second-order valence-electron chi connectivity index (χ2n) is 4.50. The van der Waals surface area contributed by atoms with Crippen LogP contribution in [0.4, 0.5) is 0 Å². The van der Waals surface area contributed by atoms with Gasteiger partial charge in [0.1, 0.15) is 0 Å². The Balaban J connectivity index is 2.27. The molecule has 0 radical (unpaired) electrons. The van der Waals surface area contributed by atoms with E-state index in [-0.39, 0.29) is 5.91 Å². The average molecular weight is 255 g/mol. The maximum Gasteiger partial charge on any atom is 0.246 e. The number of carbonyl (C=O) groups is 1. The largest absolute Gasteiger partial charge is 0.345 e. The lowest BCUT2D eigenvalue weighted by molar-refractivity contribution is -0.123. The first-order valence-corrected chi connectivity index (χ1v) is 6.09. The molecule has 0 spiro atoms. The molecule has 0 N–H and O–H groups in total. The topological polar surface area (TPSA) is 38.1 Å². The zero-order chi connectivity index (χ0) is 13.8. The maximum absolute atomic E-state index is 11.5. The number of nitrogens with zero attached hydrogens (tertiary/aromatic N) is 3. The van der Waals surface area contributed by atoms with Crippen molar-refractivity contribution in [3.63, 3.8) is 0 Å². The molecule has 2 rings (SSSR count). The van der Waals surface area contributed by atoms with Gasteiger partial charge in [-0.25, -0.2) is 4.68 Å². The lowest BCUT2D eigenvalue weighted by atomic mass is 10.2. The number of rotatable bonds is 3. The number of benzene rings is 1. The molecule has 98 valence electrons. The number of para-hydroxylation sites is 1. The first kappa shape index (κ1) is 13.1. The zero-order valence-electron chi connectivity index (χ0n) is 11.4. The second-order valence-corrected chi connectivity index (χ2v) is 4.50. The Morgan fingerprint density at radius 1 is 1.26 bits per heavy atom. The molecule has 2 aromatic rings. The molecule has 0 aliphatic heterocycles. The number of aromatic nitrogens is 2. The van der Waals surface area contributed by atoms with Gasteiger partial charge in [0.25, 0.3) is 0 Å². The highest BCUT2D eigenvalue weighted by atomic mass is 16.2. The van der Waals surface area contributed by atoms with Crippen LogP contribution in [-0.4, -0.2) is 34.7 Å². The molecule has 1 aromatic carbocycles. The smallest absolute Gasteiger partial charge is 0.246 e. The van der Waals surface area contributed by atoms with E-state index in [0.717, 1.165) is 16.9 Å². The maximum atomic E-state index is 11.5. The molecule has 0 fully saturated rings. The Kier molecular flexibility index (Phi) is 3.80. The highest BCUT2D eigenvalue weighted by molar-refractivity contribution is 5.91. The standard InChI is InChI=1S/C15H17N3O/c1-12-13(9-10-15(19)17(2)3)11-16-18(12)14-7-5-4-6-8-14/h4-11H,1-3H3. The number of amides is 1. The van der Waals surface area contributed by atoms with E-state index in [2.05, 4.69) is 5.10 Å². The van der Waals surface area contributed by atoms with Gasteiger partial charge in [0.2, 0.25) is 5.91 Å². The van der Waals surface area contributed by atoms with Gasteiger partial charge in [-0.15, -0.1) is 0 Å². The Hall–Kier alpha value is -2.36. The molecular weight excluding hydrogens is 238 g/mol. The Bertz CT molecular complexity index is 597. The van der Waals surface area contributed by atoms with Crippen molar-refractivity contribution >= 4 is 12.0 Å².